The Morgan fingerprint density at radius 2 is 1.74 bits per heavy atom. The van der Waals surface area contributed by atoms with Gasteiger partial charge < -0.3 is 5.32 Å². The molecule has 0 spiro atoms. The number of nitrogens with one attached hydrogen (secondary N) is 2. The largest absolute Gasteiger partial charge is 0.383 e. The highest BCUT2D eigenvalue weighted by atomic mass is 32.2. The number of nitrogens with zero attached hydrogens (tertiary/aromatic N) is 1. The molecule has 0 aliphatic rings. The first-order valence-corrected chi connectivity index (χ1v) is 10.3. The molecule has 1 aromatic heterocycles. The monoisotopic (exact) mass is 381 g/mol. The maximum atomic E-state index is 12.6. The van der Waals surface area contributed by atoms with Gasteiger partial charge in [0.05, 0.1) is 16.8 Å². The lowest BCUT2D eigenvalue weighted by atomic mass is 10.1. The Bertz CT molecular complexity index is 1000. The van der Waals surface area contributed by atoms with E-state index in [1.165, 1.54) is 5.56 Å². The lowest BCUT2D eigenvalue weighted by Crippen LogP contribution is -2.15. The number of aromatic nitrogens is 1. The highest BCUT2D eigenvalue weighted by Crippen LogP contribution is 2.20. The molecule has 0 saturated heterocycles. The Labute approximate surface area is 160 Å². The highest BCUT2D eigenvalue weighted by molar-refractivity contribution is 7.92. The summed E-state index contributed by atoms with van der Waals surface area (Å²) in [4.78, 5) is 4.49. The summed E-state index contributed by atoms with van der Waals surface area (Å²) < 4.78 is 27.8. The van der Waals surface area contributed by atoms with Crippen molar-refractivity contribution in [3.63, 3.8) is 0 Å². The van der Waals surface area contributed by atoms with E-state index >= 15 is 0 Å². The first-order chi connectivity index (χ1) is 12.9. The van der Waals surface area contributed by atoms with Crippen LogP contribution in [-0.2, 0) is 16.4 Å². The van der Waals surface area contributed by atoms with Crippen LogP contribution in [0.4, 0.5) is 11.5 Å². The van der Waals surface area contributed by atoms with E-state index in [4.69, 9.17) is 0 Å². The van der Waals surface area contributed by atoms with Gasteiger partial charge in [0.2, 0.25) is 0 Å². The predicted octanol–water partition coefficient (Wildman–Crippen LogP) is 4.15. The second kappa shape index (κ2) is 8.22. The molecule has 140 valence electrons. The molecule has 0 radical (unpaired) electrons. The quantitative estimate of drug-likeness (QED) is 0.645. The molecule has 3 rings (SSSR count). The molecule has 1 heterocycles. The van der Waals surface area contributed by atoms with Crippen molar-refractivity contribution in [2.75, 3.05) is 16.6 Å². The van der Waals surface area contributed by atoms with E-state index in [1.54, 1.807) is 31.3 Å². The van der Waals surface area contributed by atoms with Gasteiger partial charge in [-0.2, -0.15) is 0 Å². The van der Waals surface area contributed by atoms with Crippen molar-refractivity contribution in [2.24, 2.45) is 0 Å². The molecular weight excluding hydrogens is 358 g/mol. The van der Waals surface area contributed by atoms with Crippen LogP contribution in [0.5, 0.6) is 0 Å². The maximum Gasteiger partial charge on any atom is 0.263 e. The zero-order valence-electron chi connectivity index (χ0n) is 15.4. The minimum atomic E-state index is -3.67. The normalized spacial score (nSPS) is 11.2. The second-order valence-electron chi connectivity index (χ2n) is 6.47. The van der Waals surface area contributed by atoms with Gasteiger partial charge in [0.15, 0.2) is 0 Å². The molecule has 3 aromatic rings. The van der Waals surface area contributed by atoms with E-state index in [-0.39, 0.29) is 4.90 Å². The van der Waals surface area contributed by atoms with Gasteiger partial charge in [0.1, 0.15) is 5.82 Å². The highest BCUT2D eigenvalue weighted by Gasteiger charge is 2.17. The minimum Gasteiger partial charge on any atom is -0.383 e. The zero-order valence-corrected chi connectivity index (χ0v) is 16.3. The zero-order chi connectivity index (χ0) is 19.3. The third-order valence-electron chi connectivity index (χ3n) is 4.22. The Balaban J connectivity index is 1.62. The van der Waals surface area contributed by atoms with Crippen LogP contribution < -0.4 is 10.0 Å². The van der Waals surface area contributed by atoms with Gasteiger partial charge in [-0.15, -0.1) is 0 Å². The second-order valence-corrected chi connectivity index (χ2v) is 8.12. The van der Waals surface area contributed by atoms with Crippen LogP contribution in [0.3, 0.4) is 0 Å². The van der Waals surface area contributed by atoms with E-state index in [0.29, 0.717) is 11.4 Å². The topological polar surface area (TPSA) is 71.1 Å². The van der Waals surface area contributed by atoms with Crippen LogP contribution in [0, 0.1) is 13.8 Å². The van der Waals surface area contributed by atoms with Gasteiger partial charge in [-0.25, -0.2) is 13.4 Å². The molecule has 0 saturated carbocycles. The molecule has 2 aromatic carbocycles. The number of sulfonamides is 1. The van der Waals surface area contributed by atoms with Crippen LogP contribution in [-0.4, -0.2) is 19.9 Å². The number of pyridine rings is 1. The minimum absolute atomic E-state index is 0.273. The smallest absolute Gasteiger partial charge is 0.263 e. The van der Waals surface area contributed by atoms with Crippen molar-refractivity contribution in [3.05, 3.63) is 83.6 Å². The number of benzene rings is 2. The van der Waals surface area contributed by atoms with Gasteiger partial charge in [0.25, 0.3) is 10.0 Å². The Hall–Kier alpha value is -2.86. The maximum absolute atomic E-state index is 12.6. The summed E-state index contributed by atoms with van der Waals surface area (Å²) in [5, 5.41) is 3.29. The number of rotatable bonds is 7. The third-order valence-corrected chi connectivity index (χ3v) is 5.72. The SMILES string of the molecule is Cc1ccc(C)c(S(=O)(=O)Nc2ccc(NCCc3ccccc3)cn2)c1. The van der Waals surface area contributed by atoms with Gasteiger partial charge in [-0.1, -0.05) is 42.5 Å². The first kappa shape index (κ1) is 18.9. The summed E-state index contributed by atoms with van der Waals surface area (Å²) in [6.45, 7) is 4.42. The standard InChI is InChI=1S/C21H23N3O2S/c1-16-8-9-17(2)20(14-16)27(25,26)24-21-11-10-19(15-23-21)22-13-12-18-6-4-3-5-7-18/h3-11,14-15,22H,12-13H2,1-2H3,(H,23,24). The van der Waals surface area contributed by atoms with Crippen molar-refractivity contribution >= 4 is 21.5 Å². The Kier molecular flexibility index (Phi) is 5.76. The average Bonchev–Trinajstić information content (AvgIpc) is 2.66. The lowest BCUT2D eigenvalue weighted by molar-refractivity contribution is 0.600. The number of hydrogen-bond acceptors (Lipinski definition) is 4. The van der Waals surface area contributed by atoms with E-state index < -0.39 is 10.0 Å². The predicted molar refractivity (Wildman–Crippen MR) is 110 cm³/mol. The van der Waals surface area contributed by atoms with Crippen LogP contribution in [0.1, 0.15) is 16.7 Å². The molecule has 6 heteroatoms. The fraction of sp³-hybridized carbons (Fsp3) is 0.190. The molecule has 0 atom stereocenters. The molecule has 0 fully saturated rings. The molecular formula is C21H23N3O2S. The van der Waals surface area contributed by atoms with Crippen molar-refractivity contribution < 1.29 is 8.42 Å². The van der Waals surface area contributed by atoms with Gasteiger partial charge in [0, 0.05) is 6.54 Å². The van der Waals surface area contributed by atoms with Crippen LogP contribution >= 0.6 is 0 Å². The Morgan fingerprint density at radius 3 is 2.44 bits per heavy atom. The van der Waals surface area contributed by atoms with Gasteiger partial charge >= 0.3 is 0 Å². The number of aryl methyl sites for hydroxylation is 2. The summed E-state index contributed by atoms with van der Waals surface area (Å²) >= 11 is 0. The van der Waals surface area contributed by atoms with E-state index in [1.807, 2.05) is 37.3 Å². The molecule has 2 N–H and O–H groups in total. The first-order valence-electron chi connectivity index (χ1n) is 8.78. The molecule has 27 heavy (non-hydrogen) atoms. The summed E-state index contributed by atoms with van der Waals surface area (Å²) in [5.74, 6) is 0.296. The molecule has 0 amide bonds. The summed E-state index contributed by atoms with van der Waals surface area (Å²) in [6, 6.07) is 19.1. The average molecular weight is 382 g/mol. The lowest BCUT2D eigenvalue weighted by Gasteiger charge is -2.11. The fourth-order valence-corrected chi connectivity index (χ4v) is 4.08. The molecule has 0 unspecified atom stereocenters. The van der Waals surface area contributed by atoms with Crippen molar-refractivity contribution in [1.29, 1.82) is 0 Å². The number of hydrogen-bond donors (Lipinski definition) is 2. The van der Waals surface area contributed by atoms with Gasteiger partial charge in [-0.05, 0) is 55.2 Å². The summed E-state index contributed by atoms with van der Waals surface area (Å²) in [7, 11) is -3.67. The van der Waals surface area contributed by atoms with Crippen LogP contribution in [0.25, 0.3) is 0 Å². The van der Waals surface area contributed by atoms with Crippen molar-refractivity contribution in [3.8, 4) is 0 Å². The third kappa shape index (κ3) is 5.08. The molecule has 0 aliphatic carbocycles. The van der Waals surface area contributed by atoms with E-state index in [0.717, 1.165) is 24.2 Å². The van der Waals surface area contributed by atoms with Crippen LogP contribution in [0.15, 0.2) is 71.8 Å². The fourth-order valence-electron chi connectivity index (χ4n) is 2.74. The van der Waals surface area contributed by atoms with Gasteiger partial charge in [-0.3, -0.25) is 4.72 Å². The van der Waals surface area contributed by atoms with E-state index in [2.05, 4.69) is 27.2 Å². The van der Waals surface area contributed by atoms with Crippen LogP contribution in [0.2, 0.25) is 0 Å². The Morgan fingerprint density at radius 1 is 0.963 bits per heavy atom. The molecule has 0 bridgehead atoms. The summed E-state index contributed by atoms with van der Waals surface area (Å²) in [5.41, 5.74) is 3.70. The van der Waals surface area contributed by atoms with Crippen molar-refractivity contribution in [2.45, 2.75) is 25.2 Å². The molecule has 0 aliphatic heterocycles. The van der Waals surface area contributed by atoms with Crippen molar-refractivity contribution in [1.82, 2.24) is 4.98 Å². The summed E-state index contributed by atoms with van der Waals surface area (Å²) in [6.07, 6.45) is 2.54. The number of anilines is 2. The molecule has 5 nitrogen and oxygen atoms in total. The van der Waals surface area contributed by atoms with E-state index in [9.17, 15) is 8.42 Å².